The summed E-state index contributed by atoms with van der Waals surface area (Å²) in [6.07, 6.45) is 2.58. The van der Waals surface area contributed by atoms with Crippen LogP contribution in [-0.4, -0.2) is 20.7 Å². The van der Waals surface area contributed by atoms with Gasteiger partial charge in [-0.2, -0.15) is 0 Å². The van der Waals surface area contributed by atoms with E-state index in [0.717, 1.165) is 34.9 Å². The number of imidazole rings is 1. The topological polar surface area (TPSA) is 60.1 Å². The number of amides is 1. The number of carbonyl (C=O) groups excluding carboxylic acids is 1. The van der Waals surface area contributed by atoms with Crippen LogP contribution in [0.25, 0.3) is 11.0 Å². The highest BCUT2D eigenvalue weighted by atomic mass is 35.5. The van der Waals surface area contributed by atoms with E-state index in [4.69, 9.17) is 16.0 Å². The zero-order chi connectivity index (χ0) is 17.8. The van der Waals surface area contributed by atoms with Crippen molar-refractivity contribution in [1.82, 2.24) is 14.9 Å². The van der Waals surface area contributed by atoms with Crippen molar-refractivity contribution in [1.29, 1.82) is 0 Å². The standard InChI is InChI=1S/C18H20ClN3O2S/c1-3-8-22-16-7-6-13(19)10-15(16)21-18(22)25-12(2)17(23)20-11-14-5-4-9-24-14/h4-7,9-10,12H,3,8,11H2,1-2H3,(H,20,23). The number of aryl methyl sites for hydroxylation is 1. The summed E-state index contributed by atoms with van der Waals surface area (Å²) in [6.45, 7) is 5.24. The van der Waals surface area contributed by atoms with E-state index in [2.05, 4.69) is 21.8 Å². The van der Waals surface area contributed by atoms with Gasteiger partial charge in [0.25, 0.3) is 0 Å². The van der Waals surface area contributed by atoms with Crippen LogP contribution in [0.3, 0.4) is 0 Å². The van der Waals surface area contributed by atoms with Gasteiger partial charge in [-0.15, -0.1) is 0 Å². The highest BCUT2D eigenvalue weighted by molar-refractivity contribution is 8.00. The second-order valence-electron chi connectivity index (χ2n) is 5.74. The van der Waals surface area contributed by atoms with Gasteiger partial charge in [-0.1, -0.05) is 30.3 Å². The molecule has 0 fully saturated rings. The highest BCUT2D eigenvalue weighted by Gasteiger charge is 2.19. The van der Waals surface area contributed by atoms with Crippen molar-refractivity contribution in [3.05, 3.63) is 47.4 Å². The summed E-state index contributed by atoms with van der Waals surface area (Å²) in [5.41, 5.74) is 1.89. The number of hydrogen-bond donors (Lipinski definition) is 1. The number of furan rings is 1. The molecule has 132 valence electrons. The van der Waals surface area contributed by atoms with Gasteiger partial charge in [-0.05, 0) is 43.7 Å². The van der Waals surface area contributed by atoms with Gasteiger partial charge in [0.05, 0.1) is 29.1 Å². The average molecular weight is 378 g/mol. The molecule has 0 aliphatic heterocycles. The predicted molar refractivity (Wildman–Crippen MR) is 101 cm³/mol. The molecule has 0 bridgehead atoms. The third-order valence-corrected chi connectivity index (χ3v) is 5.12. The van der Waals surface area contributed by atoms with E-state index in [1.54, 1.807) is 12.3 Å². The smallest absolute Gasteiger partial charge is 0.233 e. The number of halogens is 1. The number of nitrogens with zero attached hydrogens (tertiary/aromatic N) is 2. The lowest BCUT2D eigenvalue weighted by molar-refractivity contribution is -0.120. The fourth-order valence-electron chi connectivity index (χ4n) is 2.55. The van der Waals surface area contributed by atoms with Crippen molar-refractivity contribution < 1.29 is 9.21 Å². The van der Waals surface area contributed by atoms with Gasteiger partial charge in [0.15, 0.2) is 5.16 Å². The highest BCUT2D eigenvalue weighted by Crippen LogP contribution is 2.29. The molecule has 1 N–H and O–H groups in total. The summed E-state index contributed by atoms with van der Waals surface area (Å²) in [5, 5.41) is 4.12. The van der Waals surface area contributed by atoms with Gasteiger partial charge in [-0.3, -0.25) is 4.79 Å². The van der Waals surface area contributed by atoms with E-state index < -0.39 is 0 Å². The molecule has 0 radical (unpaired) electrons. The Hall–Kier alpha value is -1.92. The molecule has 1 atom stereocenters. The number of nitrogens with one attached hydrogen (secondary N) is 1. The average Bonchev–Trinajstić information content (AvgIpc) is 3.21. The molecular weight excluding hydrogens is 358 g/mol. The molecule has 0 saturated heterocycles. The summed E-state index contributed by atoms with van der Waals surface area (Å²) in [4.78, 5) is 17.0. The molecule has 2 heterocycles. The molecule has 0 spiro atoms. The first-order valence-corrected chi connectivity index (χ1v) is 9.46. The van der Waals surface area contributed by atoms with E-state index in [9.17, 15) is 4.79 Å². The Labute approximate surface area is 155 Å². The quantitative estimate of drug-likeness (QED) is 0.616. The van der Waals surface area contributed by atoms with E-state index >= 15 is 0 Å². The Balaban J connectivity index is 1.74. The number of rotatable bonds is 7. The number of hydrogen-bond acceptors (Lipinski definition) is 4. The molecule has 7 heteroatoms. The Morgan fingerprint density at radius 1 is 1.44 bits per heavy atom. The van der Waals surface area contributed by atoms with Crippen LogP contribution < -0.4 is 5.32 Å². The zero-order valence-electron chi connectivity index (χ0n) is 14.2. The Morgan fingerprint density at radius 3 is 3.00 bits per heavy atom. The molecule has 0 saturated carbocycles. The molecule has 3 rings (SSSR count). The molecule has 2 aromatic heterocycles. The van der Waals surface area contributed by atoms with E-state index in [-0.39, 0.29) is 11.2 Å². The summed E-state index contributed by atoms with van der Waals surface area (Å²) in [6, 6.07) is 9.34. The van der Waals surface area contributed by atoms with E-state index in [1.165, 1.54) is 11.8 Å². The number of benzene rings is 1. The maximum absolute atomic E-state index is 12.3. The van der Waals surface area contributed by atoms with Crippen LogP contribution in [0.15, 0.2) is 46.2 Å². The first-order valence-electron chi connectivity index (χ1n) is 8.21. The summed E-state index contributed by atoms with van der Waals surface area (Å²) >= 11 is 7.53. The van der Waals surface area contributed by atoms with E-state index in [0.29, 0.717) is 11.6 Å². The maximum Gasteiger partial charge on any atom is 0.233 e. The van der Waals surface area contributed by atoms with Crippen LogP contribution in [-0.2, 0) is 17.9 Å². The lowest BCUT2D eigenvalue weighted by Gasteiger charge is -2.12. The predicted octanol–water partition coefficient (Wildman–Crippen LogP) is 4.49. The van der Waals surface area contributed by atoms with Crippen molar-refractivity contribution in [2.45, 2.75) is 43.8 Å². The molecule has 0 aliphatic rings. The summed E-state index contributed by atoms with van der Waals surface area (Å²) in [7, 11) is 0. The number of thioether (sulfide) groups is 1. The minimum atomic E-state index is -0.266. The van der Waals surface area contributed by atoms with Gasteiger partial charge in [-0.25, -0.2) is 4.98 Å². The largest absolute Gasteiger partial charge is 0.467 e. The van der Waals surface area contributed by atoms with Gasteiger partial charge < -0.3 is 14.3 Å². The van der Waals surface area contributed by atoms with Crippen molar-refractivity contribution in [2.75, 3.05) is 0 Å². The van der Waals surface area contributed by atoms with Gasteiger partial charge in [0.2, 0.25) is 5.91 Å². The molecule has 25 heavy (non-hydrogen) atoms. The SMILES string of the molecule is CCCn1c(SC(C)C(=O)NCc2ccco2)nc2cc(Cl)ccc21. The van der Waals surface area contributed by atoms with Crippen molar-refractivity contribution >= 4 is 40.3 Å². The number of aromatic nitrogens is 2. The van der Waals surface area contributed by atoms with Crippen molar-refractivity contribution in [3.8, 4) is 0 Å². The first-order chi connectivity index (χ1) is 12.1. The Kier molecular flexibility index (Phi) is 5.71. The number of carbonyl (C=O) groups is 1. The Bertz CT molecular complexity index is 861. The molecule has 1 unspecified atom stereocenters. The van der Waals surface area contributed by atoms with Gasteiger partial charge in [0.1, 0.15) is 5.76 Å². The van der Waals surface area contributed by atoms with Crippen LogP contribution in [0.2, 0.25) is 5.02 Å². The van der Waals surface area contributed by atoms with Crippen LogP contribution in [0.4, 0.5) is 0 Å². The normalized spacial score (nSPS) is 12.4. The summed E-state index contributed by atoms with van der Waals surface area (Å²) in [5.74, 6) is 0.688. The van der Waals surface area contributed by atoms with Gasteiger partial charge >= 0.3 is 0 Å². The monoisotopic (exact) mass is 377 g/mol. The second kappa shape index (κ2) is 7.97. The lowest BCUT2D eigenvalue weighted by Crippen LogP contribution is -2.30. The fraction of sp³-hybridized carbons (Fsp3) is 0.333. The van der Waals surface area contributed by atoms with Crippen molar-refractivity contribution in [3.63, 3.8) is 0 Å². The van der Waals surface area contributed by atoms with Crippen LogP contribution in [0.1, 0.15) is 26.0 Å². The second-order valence-corrected chi connectivity index (χ2v) is 7.48. The van der Waals surface area contributed by atoms with Crippen molar-refractivity contribution in [2.24, 2.45) is 0 Å². The molecule has 1 aromatic carbocycles. The van der Waals surface area contributed by atoms with Gasteiger partial charge in [0, 0.05) is 11.6 Å². The maximum atomic E-state index is 12.3. The number of fused-ring (bicyclic) bond motifs is 1. The van der Waals surface area contributed by atoms with Crippen LogP contribution in [0, 0.1) is 0 Å². The lowest BCUT2D eigenvalue weighted by atomic mass is 10.3. The molecule has 0 aliphatic carbocycles. The van der Waals surface area contributed by atoms with Crippen LogP contribution >= 0.6 is 23.4 Å². The Morgan fingerprint density at radius 2 is 2.28 bits per heavy atom. The first kappa shape index (κ1) is 17.9. The fourth-order valence-corrected chi connectivity index (χ4v) is 3.69. The van der Waals surface area contributed by atoms with E-state index in [1.807, 2.05) is 31.2 Å². The minimum Gasteiger partial charge on any atom is -0.467 e. The summed E-state index contributed by atoms with van der Waals surface area (Å²) < 4.78 is 7.38. The van der Waals surface area contributed by atoms with Crippen LogP contribution in [0.5, 0.6) is 0 Å². The molecular formula is C18H20ClN3O2S. The molecule has 3 aromatic rings. The third kappa shape index (κ3) is 4.19. The zero-order valence-corrected chi connectivity index (χ0v) is 15.7. The molecule has 5 nitrogen and oxygen atoms in total. The minimum absolute atomic E-state index is 0.0467. The molecule has 1 amide bonds. The third-order valence-electron chi connectivity index (χ3n) is 3.79.